The van der Waals surface area contributed by atoms with Gasteiger partial charge >= 0.3 is 5.97 Å². The van der Waals surface area contributed by atoms with Crippen molar-refractivity contribution in [3.05, 3.63) is 17.8 Å². The fourth-order valence-electron chi connectivity index (χ4n) is 2.46. The number of ether oxygens (including phenoxy) is 1. The summed E-state index contributed by atoms with van der Waals surface area (Å²) in [6, 6.07) is 3.03. The fraction of sp³-hybridized carbons (Fsp3) is 0.538. The van der Waals surface area contributed by atoms with Crippen LogP contribution in [0.3, 0.4) is 0 Å². The van der Waals surface area contributed by atoms with Gasteiger partial charge in [-0.1, -0.05) is 0 Å². The van der Waals surface area contributed by atoms with Crippen molar-refractivity contribution in [2.45, 2.75) is 12.8 Å². The first-order chi connectivity index (χ1) is 9.11. The lowest BCUT2D eigenvalue weighted by Gasteiger charge is -2.33. The monoisotopic (exact) mass is 265 g/mol. The second-order valence-electron chi connectivity index (χ2n) is 4.82. The topological polar surface area (TPSA) is 88.7 Å². The third kappa shape index (κ3) is 3.14. The van der Waals surface area contributed by atoms with Crippen molar-refractivity contribution < 1.29 is 14.6 Å². The maximum Gasteiger partial charge on any atom is 0.354 e. The Hall–Kier alpha value is -1.82. The minimum atomic E-state index is -1.04. The Balaban J connectivity index is 2.20. The smallest absolute Gasteiger partial charge is 0.354 e. The Labute approximate surface area is 112 Å². The molecule has 0 saturated carbocycles. The minimum Gasteiger partial charge on any atom is -0.477 e. The van der Waals surface area contributed by atoms with E-state index in [-0.39, 0.29) is 5.69 Å². The zero-order chi connectivity index (χ0) is 13.8. The van der Waals surface area contributed by atoms with Crippen LogP contribution in [0, 0.1) is 5.92 Å². The maximum absolute atomic E-state index is 11.0. The quantitative estimate of drug-likeness (QED) is 0.851. The number of aromatic nitrogens is 1. The molecule has 3 N–H and O–H groups in total. The highest BCUT2D eigenvalue weighted by molar-refractivity contribution is 5.87. The van der Waals surface area contributed by atoms with Crippen molar-refractivity contribution in [3.8, 4) is 0 Å². The molecule has 1 unspecified atom stereocenters. The van der Waals surface area contributed by atoms with Crippen molar-refractivity contribution in [1.29, 1.82) is 0 Å². The Morgan fingerprint density at radius 2 is 2.42 bits per heavy atom. The molecule has 1 aromatic heterocycles. The molecule has 1 aliphatic heterocycles. The molecule has 6 nitrogen and oxygen atoms in total. The van der Waals surface area contributed by atoms with Crippen LogP contribution in [0.5, 0.6) is 0 Å². The Bertz CT molecular complexity index is 462. The normalized spacial score (nSPS) is 19.4. The lowest BCUT2D eigenvalue weighted by Crippen LogP contribution is -2.38. The average Bonchev–Trinajstić information content (AvgIpc) is 2.39. The zero-order valence-electron chi connectivity index (χ0n) is 11.0. The molecule has 1 fully saturated rings. The van der Waals surface area contributed by atoms with Gasteiger partial charge < -0.3 is 20.5 Å². The van der Waals surface area contributed by atoms with E-state index in [0.717, 1.165) is 25.9 Å². The molecular weight excluding hydrogens is 246 g/mol. The summed E-state index contributed by atoms with van der Waals surface area (Å²) in [5, 5.41) is 8.99. The molecule has 1 aliphatic rings. The van der Waals surface area contributed by atoms with E-state index in [0.29, 0.717) is 24.0 Å². The lowest BCUT2D eigenvalue weighted by molar-refractivity contribution is 0.0690. The number of carboxylic acid groups (broad SMARTS) is 1. The zero-order valence-corrected chi connectivity index (χ0v) is 11.0. The molecule has 19 heavy (non-hydrogen) atoms. The molecular formula is C13H19N3O3. The van der Waals surface area contributed by atoms with Crippen LogP contribution in [0.25, 0.3) is 0 Å². The number of rotatable bonds is 4. The molecule has 2 heterocycles. The number of nitrogen functional groups attached to an aromatic ring is 1. The number of carboxylic acids is 1. The van der Waals surface area contributed by atoms with Gasteiger partial charge in [-0.15, -0.1) is 0 Å². The fourth-order valence-corrected chi connectivity index (χ4v) is 2.46. The summed E-state index contributed by atoms with van der Waals surface area (Å²) in [4.78, 5) is 17.2. The number of hydrogen-bond acceptors (Lipinski definition) is 5. The van der Waals surface area contributed by atoms with Gasteiger partial charge in [-0.05, 0) is 30.9 Å². The molecule has 1 saturated heterocycles. The van der Waals surface area contributed by atoms with Gasteiger partial charge in [-0.2, -0.15) is 0 Å². The predicted molar refractivity (Wildman–Crippen MR) is 72.4 cm³/mol. The van der Waals surface area contributed by atoms with E-state index < -0.39 is 5.97 Å². The minimum absolute atomic E-state index is 0.0260. The molecule has 1 atom stereocenters. The maximum atomic E-state index is 11.0. The summed E-state index contributed by atoms with van der Waals surface area (Å²) in [5.74, 6) is -0.0270. The average molecular weight is 265 g/mol. The van der Waals surface area contributed by atoms with Gasteiger partial charge in [0.1, 0.15) is 0 Å². The summed E-state index contributed by atoms with van der Waals surface area (Å²) in [6.45, 7) is 2.35. The number of aromatic carboxylic acids is 1. The second kappa shape index (κ2) is 5.88. The van der Waals surface area contributed by atoms with E-state index in [9.17, 15) is 4.79 Å². The van der Waals surface area contributed by atoms with E-state index in [2.05, 4.69) is 9.88 Å². The van der Waals surface area contributed by atoms with Crippen LogP contribution in [0.1, 0.15) is 23.3 Å². The lowest BCUT2D eigenvalue weighted by atomic mass is 9.99. The summed E-state index contributed by atoms with van der Waals surface area (Å²) in [7, 11) is 1.69. The number of nitrogens with two attached hydrogens (primary N) is 1. The van der Waals surface area contributed by atoms with E-state index in [1.54, 1.807) is 13.2 Å². The molecule has 1 aromatic rings. The van der Waals surface area contributed by atoms with Crippen LogP contribution in [-0.4, -0.2) is 42.9 Å². The predicted octanol–water partition coefficient (Wildman–Crippen LogP) is 1.22. The third-order valence-corrected chi connectivity index (χ3v) is 3.35. The van der Waals surface area contributed by atoms with Crippen molar-refractivity contribution in [2.24, 2.45) is 5.92 Å². The van der Waals surface area contributed by atoms with Gasteiger partial charge in [0.25, 0.3) is 0 Å². The molecule has 6 heteroatoms. The number of nitrogens with zero attached hydrogens (tertiary/aromatic N) is 2. The molecule has 0 amide bonds. The summed E-state index contributed by atoms with van der Waals surface area (Å²) < 4.78 is 5.19. The van der Waals surface area contributed by atoms with Crippen LogP contribution >= 0.6 is 0 Å². The Morgan fingerprint density at radius 3 is 3.11 bits per heavy atom. The molecule has 0 bridgehead atoms. The highest BCUT2D eigenvalue weighted by atomic mass is 16.5. The van der Waals surface area contributed by atoms with Gasteiger partial charge in [0.2, 0.25) is 0 Å². The molecule has 104 valence electrons. The van der Waals surface area contributed by atoms with Crippen LogP contribution in [0.15, 0.2) is 12.1 Å². The largest absolute Gasteiger partial charge is 0.477 e. The van der Waals surface area contributed by atoms with Crippen molar-refractivity contribution in [1.82, 2.24) is 4.98 Å². The summed E-state index contributed by atoms with van der Waals surface area (Å²) in [6.07, 6.45) is 2.15. The first-order valence-corrected chi connectivity index (χ1v) is 6.35. The van der Waals surface area contributed by atoms with Crippen LogP contribution < -0.4 is 10.6 Å². The number of anilines is 2. The second-order valence-corrected chi connectivity index (χ2v) is 4.82. The number of methoxy groups -OCH3 is 1. The molecule has 0 aromatic carbocycles. The van der Waals surface area contributed by atoms with Crippen molar-refractivity contribution >= 4 is 17.5 Å². The number of carbonyl (C=O) groups is 1. The van der Waals surface area contributed by atoms with Crippen LogP contribution in [-0.2, 0) is 4.74 Å². The van der Waals surface area contributed by atoms with Gasteiger partial charge in [-0.3, -0.25) is 0 Å². The van der Waals surface area contributed by atoms with Gasteiger partial charge in [0.15, 0.2) is 11.5 Å². The van der Waals surface area contributed by atoms with E-state index in [1.165, 1.54) is 6.07 Å². The van der Waals surface area contributed by atoms with Crippen molar-refractivity contribution in [2.75, 3.05) is 37.4 Å². The summed E-state index contributed by atoms with van der Waals surface area (Å²) in [5.41, 5.74) is 6.45. The number of hydrogen-bond donors (Lipinski definition) is 2. The highest BCUT2D eigenvalue weighted by Gasteiger charge is 2.23. The Morgan fingerprint density at radius 1 is 1.63 bits per heavy atom. The van der Waals surface area contributed by atoms with Gasteiger partial charge in [0, 0.05) is 20.2 Å². The molecule has 0 aliphatic carbocycles. The number of piperidine rings is 1. The molecule has 2 rings (SSSR count). The third-order valence-electron chi connectivity index (χ3n) is 3.35. The molecule has 0 spiro atoms. The highest BCUT2D eigenvalue weighted by Crippen LogP contribution is 2.26. The van der Waals surface area contributed by atoms with E-state index in [1.807, 2.05) is 0 Å². The van der Waals surface area contributed by atoms with Crippen LogP contribution in [0.4, 0.5) is 11.5 Å². The van der Waals surface area contributed by atoms with Gasteiger partial charge in [0.05, 0.1) is 12.3 Å². The SMILES string of the molecule is COCC1CCCN(c2nc(C(=O)O)ccc2N)C1. The van der Waals surface area contributed by atoms with Crippen LogP contribution in [0.2, 0.25) is 0 Å². The van der Waals surface area contributed by atoms with Gasteiger partial charge in [-0.25, -0.2) is 9.78 Å². The van der Waals surface area contributed by atoms with E-state index in [4.69, 9.17) is 15.6 Å². The molecule has 0 radical (unpaired) electrons. The standard InChI is InChI=1S/C13H19N3O3/c1-19-8-9-3-2-6-16(7-9)12-10(14)4-5-11(15-12)13(17)18/h4-5,9H,2-3,6-8,14H2,1H3,(H,17,18). The first kappa shape index (κ1) is 13.6. The van der Waals surface area contributed by atoms with E-state index >= 15 is 0 Å². The number of pyridine rings is 1. The van der Waals surface area contributed by atoms with Crippen molar-refractivity contribution in [3.63, 3.8) is 0 Å². The summed E-state index contributed by atoms with van der Waals surface area (Å²) >= 11 is 0. The Kier molecular flexibility index (Phi) is 4.21. The first-order valence-electron chi connectivity index (χ1n) is 6.35.